The lowest BCUT2D eigenvalue weighted by Gasteiger charge is -2.10. The van der Waals surface area contributed by atoms with Crippen molar-refractivity contribution in [1.82, 2.24) is 5.32 Å². The Morgan fingerprint density at radius 2 is 2.17 bits per heavy atom. The van der Waals surface area contributed by atoms with E-state index in [4.69, 9.17) is 16.0 Å². The summed E-state index contributed by atoms with van der Waals surface area (Å²) in [6, 6.07) is 9.93. The van der Waals surface area contributed by atoms with Gasteiger partial charge in [0.05, 0.1) is 12.0 Å². The summed E-state index contributed by atoms with van der Waals surface area (Å²) >= 11 is 8.00. The fourth-order valence-corrected chi connectivity index (χ4v) is 2.93. The van der Waals surface area contributed by atoms with Crippen molar-refractivity contribution in [2.75, 3.05) is 6.54 Å². The molecule has 0 unspecified atom stereocenters. The quantitative estimate of drug-likeness (QED) is 0.798. The van der Waals surface area contributed by atoms with E-state index in [1.165, 1.54) is 4.90 Å². The molecule has 0 saturated heterocycles. The van der Waals surface area contributed by atoms with Gasteiger partial charge in [-0.2, -0.15) is 0 Å². The second-order valence-electron chi connectivity index (χ2n) is 3.86. The average Bonchev–Trinajstić information content (AvgIpc) is 2.88. The van der Waals surface area contributed by atoms with Crippen LogP contribution in [0.25, 0.3) is 0 Å². The Labute approximate surface area is 117 Å². The number of thioether (sulfide) groups is 1. The second-order valence-corrected chi connectivity index (χ2v) is 5.29. The van der Waals surface area contributed by atoms with E-state index >= 15 is 0 Å². The van der Waals surface area contributed by atoms with Crippen LogP contribution in [0.2, 0.25) is 5.02 Å². The number of benzene rings is 1. The molecule has 1 N–H and O–H groups in total. The van der Waals surface area contributed by atoms with E-state index in [9.17, 15) is 0 Å². The lowest BCUT2D eigenvalue weighted by Crippen LogP contribution is -2.12. The van der Waals surface area contributed by atoms with Crippen LogP contribution in [0.5, 0.6) is 0 Å². The molecule has 0 spiro atoms. The summed E-state index contributed by atoms with van der Waals surface area (Å²) in [5.74, 6) is 1.81. The zero-order chi connectivity index (χ0) is 12.8. The Balaban J connectivity index is 2.08. The number of halogens is 1. The van der Waals surface area contributed by atoms with Crippen LogP contribution in [-0.4, -0.2) is 6.54 Å². The van der Waals surface area contributed by atoms with Gasteiger partial charge in [0.1, 0.15) is 5.76 Å². The first-order chi connectivity index (χ1) is 8.81. The summed E-state index contributed by atoms with van der Waals surface area (Å²) in [5, 5.41) is 4.14. The van der Waals surface area contributed by atoms with Crippen molar-refractivity contribution < 1.29 is 4.42 Å². The predicted octanol–water partition coefficient (Wildman–Crippen LogP) is 4.33. The maximum atomic E-state index is 6.25. The van der Waals surface area contributed by atoms with Gasteiger partial charge in [-0.25, -0.2) is 0 Å². The van der Waals surface area contributed by atoms with Gasteiger partial charge >= 0.3 is 0 Å². The van der Waals surface area contributed by atoms with E-state index in [1.807, 2.05) is 24.3 Å². The highest BCUT2D eigenvalue weighted by Crippen LogP contribution is 2.30. The zero-order valence-corrected chi connectivity index (χ0v) is 11.9. The van der Waals surface area contributed by atoms with Crippen molar-refractivity contribution in [3.8, 4) is 0 Å². The van der Waals surface area contributed by atoms with Gasteiger partial charge in [-0.05, 0) is 36.4 Å². The van der Waals surface area contributed by atoms with Crippen LogP contribution in [-0.2, 0) is 12.3 Å². The summed E-state index contributed by atoms with van der Waals surface area (Å²) in [7, 11) is 0. The summed E-state index contributed by atoms with van der Waals surface area (Å²) in [6.45, 7) is 3.83. The molecule has 0 atom stereocenters. The third-order valence-corrected chi connectivity index (χ3v) is 4.05. The molecule has 4 heteroatoms. The highest BCUT2D eigenvalue weighted by Gasteiger charge is 2.08. The largest absolute Gasteiger partial charge is 0.468 e. The van der Waals surface area contributed by atoms with Gasteiger partial charge in [-0.15, -0.1) is 11.8 Å². The van der Waals surface area contributed by atoms with Gasteiger partial charge in [0.15, 0.2) is 0 Å². The molecule has 2 nitrogen and oxygen atoms in total. The smallest absolute Gasteiger partial charge is 0.113 e. The van der Waals surface area contributed by atoms with Gasteiger partial charge in [0.2, 0.25) is 0 Å². The maximum absolute atomic E-state index is 6.25. The molecule has 1 aromatic heterocycles. The molecule has 1 aromatic carbocycles. The van der Waals surface area contributed by atoms with E-state index in [0.29, 0.717) is 0 Å². The normalized spacial score (nSPS) is 10.8. The van der Waals surface area contributed by atoms with Crippen molar-refractivity contribution in [2.45, 2.75) is 24.1 Å². The highest BCUT2D eigenvalue weighted by molar-refractivity contribution is 7.98. The molecular formula is C14H16ClNOS. The highest BCUT2D eigenvalue weighted by atomic mass is 35.5. The molecule has 1 heterocycles. The predicted molar refractivity (Wildman–Crippen MR) is 77.1 cm³/mol. The molecule has 96 valence electrons. The molecule has 0 fully saturated rings. The van der Waals surface area contributed by atoms with Crippen molar-refractivity contribution in [2.24, 2.45) is 0 Å². The van der Waals surface area contributed by atoms with Gasteiger partial charge < -0.3 is 9.73 Å². The third-order valence-electron chi connectivity index (χ3n) is 2.58. The van der Waals surface area contributed by atoms with Gasteiger partial charge in [-0.3, -0.25) is 0 Å². The van der Waals surface area contributed by atoms with Crippen LogP contribution in [0.15, 0.2) is 45.9 Å². The molecule has 0 aliphatic heterocycles. The van der Waals surface area contributed by atoms with Crippen LogP contribution in [0, 0.1) is 0 Å². The molecule has 0 aliphatic rings. The second kappa shape index (κ2) is 6.88. The van der Waals surface area contributed by atoms with Crippen LogP contribution < -0.4 is 5.32 Å². The summed E-state index contributed by atoms with van der Waals surface area (Å²) < 4.78 is 5.34. The lowest BCUT2D eigenvalue weighted by atomic mass is 10.2. The Morgan fingerprint density at radius 1 is 1.28 bits per heavy atom. The Morgan fingerprint density at radius 3 is 2.89 bits per heavy atom. The fourth-order valence-electron chi connectivity index (χ4n) is 1.64. The van der Waals surface area contributed by atoms with Crippen molar-refractivity contribution >= 4 is 23.4 Å². The molecule has 0 aliphatic carbocycles. The fraction of sp³-hybridized carbons (Fsp3) is 0.286. The number of rotatable bonds is 6. The molecular weight excluding hydrogens is 266 g/mol. The van der Waals surface area contributed by atoms with Crippen LogP contribution in [0.3, 0.4) is 0 Å². The number of hydrogen-bond acceptors (Lipinski definition) is 3. The van der Waals surface area contributed by atoms with E-state index in [0.717, 1.165) is 35.2 Å². The van der Waals surface area contributed by atoms with Gasteiger partial charge in [0, 0.05) is 16.5 Å². The van der Waals surface area contributed by atoms with E-state index in [1.54, 1.807) is 18.0 Å². The zero-order valence-electron chi connectivity index (χ0n) is 10.3. The lowest BCUT2D eigenvalue weighted by molar-refractivity contribution is 0.530. The monoisotopic (exact) mass is 281 g/mol. The van der Waals surface area contributed by atoms with E-state index in [-0.39, 0.29) is 0 Å². The van der Waals surface area contributed by atoms with Crippen LogP contribution >= 0.6 is 23.4 Å². The number of hydrogen-bond donors (Lipinski definition) is 1. The topological polar surface area (TPSA) is 25.2 Å². The minimum Gasteiger partial charge on any atom is -0.468 e. The molecule has 0 radical (unpaired) electrons. The number of furan rings is 1. The minimum absolute atomic E-state index is 0.802. The number of nitrogens with one attached hydrogen (secondary N) is 1. The molecule has 0 bridgehead atoms. The molecule has 18 heavy (non-hydrogen) atoms. The molecule has 0 amide bonds. The third kappa shape index (κ3) is 3.55. The Kier molecular flexibility index (Phi) is 5.17. The van der Waals surface area contributed by atoms with Crippen LogP contribution in [0.1, 0.15) is 18.2 Å². The van der Waals surface area contributed by atoms with Crippen molar-refractivity contribution in [1.29, 1.82) is 0 Å². The Bertz CT molecular complexity index is 485. The molecule has 2 aromatic rings. The van der Waals surface area contributed by atoms with Gasteiger partial charge in [-0.1, -0.05) is 24.6 Å². The first-order valence-electron chi connectivity index (χ1n) is 5.94. The van der Waals surface area contributed by atoms with E-state index in [2.05, 4.69) is 18.3 Å². The van der Waals surface area contributed by atoms with E-state index < -0.39 is 0 Å². The van der Waals surface area contributed by atoms with Crippen LogP contribution in [0.4, 0.5) is 0 Å². The molecule has 0 saturated carbocycles. The average molecular weight is 282 g/mol. The minimum atomic E-state index is 0.802. The maximum Gasteiger partial charge on any atom is 0.113 e. The SMILES string of the molecule is CCNCc1c(Cl)cccc1SCc1ccco1. The standard InChI is InChI=1S/C14H16ClNOS/c1-2-16-9-12-13(15)6-3-7-14(12)18-10-11-5-4-8-17-11/h3-8,16H,2,9-10H2,1H3. The summed E-state index contributed by atoms with van der Waals surface area (Å²) in [4.78, 5) is 1.21. The first-order valence-corrected chi connectivity index (χ1v) is 7.31. The van der Waals surface area contributed by atoms with Crippen molar-refractivity contribution in [3.63, 3.8) is 0 Å². The van der Waals surface area contributed by atoms with Gasteiger partial charge in [0.25, 0.3) is 0 Å². The first kappa shape index (κ1) is 13.5. The summed E-state index contributed by atoms with van der Waals surface area (Å²) in [6.07, 6.45) is 1.70. The van der Waals surface area contributed by atoms with Crippen molar-refractivity contribution in [3.05, 3.63) is 52.9 Å². The Hall–Kier alpha value is -0.900. The summed E-state index contributed by atoms with van der Waals surface area (Å²) in [5.41, 5.74) is 1.16. The molecule has 2 rings (SSSR count).